The zero-order valence-electron chi connectivity index (χ0n) is 36.0. The molecule has 0 saturated heterocycles. The molecule has 0 amide bonds. The molecule has 0 saturated carbocycles. The summed E-state index contributed by atoms with van der Waals surface area (Å²) in [7, 11) is 3.77. The van der Waals surface area contributed by atoms with Crippen molar-refractivity contribution in [3.8, 4) is 0 Å². The molecule has 0 aliphatic rings. The molecule has 1 rings (SSSR count). The van der Waals surface area contributed by atoms with Crippen LogP contribution >= 0.6 is 0 Å². The van der Waals surface area contributed by atoms with Gasteiger partial charge in [-0.3, -0.25) is 0 Å². The van der Waals surface area contributed by atoms with Crippen LogP contribution in [0.5, 0.6) is 0 Å². The van der Waals surface area contributed by atoms with E-state index in [1.54, 1.807) is 42.7 Å². The van der Waals surface area contributed by atoms with E-state index < -0.39 is 95.8 Å². The third-order valence-corrected chi connectivity index (χ3v) is 20.0. The second kappa shape index (κ2) is 26.0. The highest BCUT2D eigenvalue weighted by Gasteiger charge is 2.90. The predicted octanol–water partition coefficient (Wildman–Crippen LogP) is 8.95. The molecule has 0 radical (unpaired) electrons. The van der Waals surface area contributed by atoms with Crippen LogP contribution in [-0.4, -0.2) is 155 Å². The summed E-state index contributed by atoms with van der Waals surface area (Å²) in [4.78, 5) is 0. The second-order valence-electron chi connectivity index (χ2n) is 12.1. The highest BCUT2D eigenvalue weighted by molar-refractivity contribution is 6.75. The first kappa shape index (κ1) is 64.8. The van der Waals surface area contributed by atoms with Crippen molar-refractivity contribution in [3.63, 3.8) is 0 Å². The van der Waals surface area contributed by atoms with Gasteiger partial charge in [0, 0.05) is 109 Å². The molecule has 62 heavy (non-hydrogen) atoms. The van der Waals surface area contributed by atoms with Gasteiger partial charge in [0.1, 0.15) is 0 Å². The van der Waals surface area contributed by atoms with Crippen molar-refractivity contribution in [1.29, 1.82) is 0 Å². The zero-order chi connectivity index (χ0) is 49.9. The van der Waals surface area contributed by atoms with Crippen molar-refractivity contribution >= 4 is 40.2 Å². The van der Waals surface area contributed by atoms with Crippen LogP contribution in [0.1, 0.15) is 19.8 Å². The lowest BCUT2D eigenvalue weighted by atomic mass is 9.93. The minimum atomic E-state index is -7.88. The lowest BCUT2D eigenvalue weighted by Crippen LogP contribution is -2.70. The van der Waals surface area contributed by atoms with E-state index in [1.165, 1.54) is 28.3 Å². The second-order valence-corrected chi connectivity index (χ2v) is 24.9. The maximum atomic E-state index is 13.7. The molecule has 0 spiro atoms. The highest BCUT2D eigenvalue weighted by atomic mass is 28.4. The molecule has 0 aromatic heterocycles. The van der Waals surface area contributed by atoms with Crippen molar-refractivity contribution in [2.75, 3.05) is 78.2 Å². The molecule has 0 unspecified atom stereocenters. The van der Waals surface area contributed by atoms with Crippen LogP contribution in [0.4, 0.5) is 70.2 Å². The number of alkyl halides is 16. The first-order chi connectivity index (χ1) is 28.0. The maximum Gasteiger partial charge on any atom is 0.536 e. The van der Waals surface area contributed by atoms with E-state index in [4.69, 9.17) is 48.7 Å². The predicted molar refractivity (Wildman–Crippen MR) is 198 cm³/mol. The zero-order valence-corrected chi connectivity index (χ0v) is 40.0. The van der Waals surface area contributed by atoms with Gasteiger partial charge in [-0.15, -0.1) is 0 Å². The van der Waals surface area contributed by atoms with Crippen LogP contribution in [0.2, 0.25) is 24.7 Å². The Bertz CT molecular complexity index is 1320. The van der Waals surface area contributed by atoms with Gasteiger partial charge in [-0.25, -0.2) is 0 Å². The summed E-state index contributed by atoms with van der Waals surface area (Å²) in [6, 6.07) is 8.12. The van der Waals surface area contributed by atoms with Gasteiger partial charge in [0.05, 0.1) is 0 Å². The number of benzene rings is 1. The van der Waals surface area contributed by atoms with Crippen LogP contribution < -0.4 is 5.19 Å². The normalized spacial score (nSPS) is 14.0. The van der Waals surface area contributed by atoms with E-state index in [1.807, 2.05) is 36.9 Å². The van der Waals surface area contributed by atoms with Crippen LogP contribution in [0.15, 0.2) is 30.3 Å². The van der Waals surface area contributed by atoms with Crippen molar-refractivity contribution in [1.82, 2.24) is 0 Å². The van der Waals surface area contributed by atoms with Gasteiger partial charge in [-0.05, 0) is 12.1 Å². The molecule has 31 heteroatoms. The molecule has 0 aliphatic carbocycles. The summed E-state index contributed by atoms with van der Waals surface area (Å²) < 4.78 is 259. The van der Waals surface area contributed by atoms with E-state index in [2.05, 4.69) is 0 Å². The Kier molecular flexibility index (Phi) is 27.2. The maximum absolute atomic E-state index is 13.7. The van der Waals surface area contributed by atoms with E-state index in [0.717, 1.165) is 19.4 Å². The SMILES string of the molecule is CC[Si](CCC(F)(F)C(F)(F)C(F)(F)C(F)(F)C(F)(F)C(F)(F)F)(OC)OC.CO[Si](C)(OC)OC.CO[Si](CCC(F)(F)F)(OC)OC.CO[Si](OC)(OC)c1ccccc1. The van der Waals surface area contributed by atoms with Crippen molar-refractivity contribution in [2.45, 2.75) is 86.4 Å². The Morgan fingerprint density at radius 1 is 0.435 bits per heavy atom. The molecule has 372 valence electrons. The standard InChI is InChI=1S/C12H15F13O2Si.C9H14O3Si.C6H13F3O3Si.C4H12O3Si/c1-4-28(26-2,27-3)6-5-7(13,14)8(15,16)9(17,18)10(19,20)11(21,22)12(23,24)25;1-10-13(11-2,12-3)9-7-5-4-6-8-9;1-10-13(11-2,12-3)5-4-6(7,8)9;1-5-8(4,6-2)7-3/h4-6H2,1-3H3;4-8H,1-3H3;4-5H2,1-3H3;1-4H3. The molecule has 1 aromatic rings. The first-order valence-corrected chi connectivity index (χ1v) is 25.3. The molecule has 0 N–H and O–H groups in total. The Balaban J connectivity index is -0.000000846. The van der Waals surface area contributed by atoms with Gasteiger partial charge in [0.15, 0.2) is 0 Å². The minimum absolute atomic E-state index is 0.180. The Labute approximate surface area is 353 Å². The summed E-state index contributed by atoms with van der Waals surface area (Å²) in [5.74, 6) is -36.7. The third kappa shape index (κ3) is 16.8. The fraction of sp³-hybridized carbons (Fsp3) is 0.806. The highest BCUT2D eigenvalue weighted by Crippen LogP contribution is 2.61. The van der Waals surface area contributed by atoms with Gasteiger partial charge in [0.25, 0.3) is 0 Å². The van der Waals surface area contributed by atoms with Gasteiger partial charge in [0.2, 0.25) is 0 Å². The average molecular weight is 1020 g/mol. The Morgan fingerprint density at radius 3 is 1.06 bits per heavy atom. The molecule has 0 fully saturated rings. The molecule has 0 heterocycles. The summed E-state index contributed by atoms with van der Waals surface area (Å²) >= 11 is 0. The average Bonchev–Trinajstić information content (AvgIpc) is 3.23. The molecule has 0 atom stereocenters. The summed E-state index contributed by atoms with van der Waals surface area (Å²) in [6.45, 7) is 3.11. The first-order valence-electron chi connectivity index (χ1n) is 17.1. The van der Waals surface area contributed by atoms with Crippen LogP contribution in [0, 0.1) is 0 Å². The summed E-state index contributed by atoms with van der Waals surface area (Å²) in [5.41, 5.74) is 0. The monoisotopic (exact) mass is 1020 g/mol. The van der Waals surface area contributed by atoms with Crippen LogP contribution in [-0.2, 0) is 48.7 Å². The third-order valence-electron chi connectivity index (χ3n) is 8.79. The molecule has 11 nitrogen and oxygen atoms in total. The number of rotatable bonds is 22. The van der Waals surface area contributed by atoms with E-state index >= 15 is 0 Å². The quantitative estimate of drug-likeness (QED) is 0.0823. The largest absolute Gasteiger partial charge is 0.536 e. The lowest BCUT2D eigenvalue weighted by Gasteiger charge is -2.40. The topological polar surface area (TPSA) is 102 Å². The van der Waals surface area contributed by atoms with E-state index in [0.29, 0.717) is 0 Å². The molecule has 0 bridgehead atoms. The van der Waals surface area contributed by atoms with E-state index in [-0.39, 0.29) is 12.1 Å². The van der Waals surface area contributed by atoms with Gasteiger partial charge < -0.3 is 48.7 Å². The van der Waals surface area contributed by atoms with Gasteiger partial charge in [-0.1, -0.05) is 37.3 Å². The number of hydrogen-bond acceptors (Lipinski definition) is 11. The number of hydrogen-bond donors (Lipinski definition) is 0. The minimum Gasteiger partial charge on any atom is -0.398 e. The molecular weight excluding hydrogens is 965 g/mol. The fourth-order valence-electron chi connectivity index (χ4n) is 4.41. The van der Waals surface area contributed by atoms with Crippen molar-refractivity contribution in [2.24, 2.45) is 0 Å². The van der Waals surface area contributed by atoms with Crippen molar-refractivity contribution < 1.29 is 119 Å². The van der Waals surface area contributed by atoms with E-state index in [9.17, 15) is 70.2 Å². The molecule has 1 aromatic carbocycles. The Morgan fingerprint density at radius 2 is 0.806 bits per heavy atom. The van der Waals surface area contributed by atoms with Crippen molar-refractivity contribution in [3.05, 3.63) is 30.3 Å². The van der Waals surface area contributed by atoms with Gasteiger partial charge >= 0.3 is 76.9 Å². The number of halogens is 16. The fourth-order valence-corrected chi connectivity index (χ4v) is 10.6. The molecular formula is C31H54F16O11Si4. The molecule has 0 aliphatic heterocycles. The van der Waals surface area contributed by atoms with Gasteiger partial charge in [-0.2, -0.15) is 70.2 Å². The Hall–Kier alpha value is -1.47. The van der Waals surface area contributed by atoms with Crippen LogP contribution in [0.3, 0.4) is 0 Å². The lowest BCUT2D eigenvalue weighted by molar-refractivity contribution is -0.440. The smallest absolute Gasteiger partial charge is 0.398 e. The summed E-state index contributed by atoms with van der Waals surface area (Å²) in [5, 5.41) is 0.975. The summed E-state index contributed by atoms with van der Waals surface area (Å²) in [6.07, 6.45) is -14.9. The van der Waals surface area contributed by atoms with Crippen LogP contribution in [0.25, 0.3) is 0 Å².